The van der Waals surface area contributed by atoms with Gasteiger partial charge in [0.15, 0.2) is 0 Å². The second-order valence-electron chi connectivity index (χ2n) is 5.69. The molecule has 5 heteroatoms. The molecular formula is C14H21N3OS. The largest absolute Gasteiger partial charge is 0.368 e. The smallest absolute Gasteiger partial charge is 0.138 e. The Morgan fingerprint density at radius 2 is 2.26 bits per heavy atom. The molecule has 19 heavy (non-hydrogen) atoms. The fourth-order valence-electron chi connectivity index (χ4n) is 2.93. The van der Waals surface area contributed by atoms with E-state index >= 15 is 0 Å². The summed E-state index contributed by atoms with van der Waals surface area (Å²) in [7, 11) is 0. The van der Waals surface area contributed by atoms with Gasteiger partial charge < -0.3 is 9.72 Å². The van der Waals surface area contributed by atoms with Gasteiger partial charge in [0.2, 0.25) is 0 Å². The van der Waals surface area contributed by atoms with Crippen LogP contribution in [0.2, 0.25) is 0 Å². The molecule has 3 rings (SSSR count). The Kier molecular flexibility index (Phi) is 3.69. The third-order valence-electron chi connectivity index (χ3n) is 4.11. The average molecular weight is 279 g/mol. The molecule has 4 nitrogen and oxygen atoms in total. The summed E-state index contributed by atoms with van der Waals surface area (Å²) >= 11 is 5.42. The lowest BCUT2D eigenvalue weighted by molar-refractivity contribution is -0.0444. The van der Waals surface area contributed by atoms with Crippen molar-refractivity contribution in [1.82, 2.24) is 14.9 Å². The molecule has 0 aromatic carbocycles. The molecule has 1 aromatic rings. The monoisotopic (exact) mass is 279 g/mol. The van der Waals surface area contributed by atoms with E-state index in [0.29, 0.717) is 6.04 Å². The average Bonchev–Trinajstić information content (AvgIpc) is 2.87. The third-order valence-corrected chi connectivity index (χ3v) is 4.45. The maximum absolute atomic E-state index is 5.88. The zero-order valence-corrected chi connectivity index (χ0v) is 12.4. The lowest BCUT2D eigenvalue weighted by atomic mass is 10.2. The zero-order valence-electron chi connectivity index (χ0n) is 11.6. The van der Waals surface area contributed by atoms with E-state index in [2.05, 4.69) is 28.7 Å². The molecule has 0 radical (unpaired) electrons. The molecule has 1 fully saturated rings. The predicted molar refractivity (Wildman–Crippen MR) is 76.8 cm³/mol. The standard InChI is InChI=1S/C14H21N3OS/c1-9(2)17-6-7-18-12(8-17)13-15-11-5-3-4-10(11)14(19)16-13/h9,12H,3-8H2,1-2H3,(H,15,16,19). The van der Waals surface area contributed by atoms with E-state index in [1.54, 1.807) is 0 Å². The van der Waals surface area contributed by atoms with Crippen molar-refractivity contribution in [2.45, 2.75) is 45.3 Å². The molecule has 1 aliphatic carbocycles. The van der Waals surface area contributed by atoms with Crippen molar-refractivity contribution in [3.63, 3.8) is 0 Å². The first-order valence-electron chi connectivity index (χ1n) is 7.13. The molecule has 0 bridgehead atoms. The van der Waals surface area contributed by atoms with Gasteiger partial charge in [-0.05, 0) is 33.1 Å². The molecule has 0 saturated carbocycles. The first kappa shape index (κ1) is 13.2. The van der Waals surface area contributed by atoms with Crippen LogP contribution in [-0.2, 0) is 17.6 Å². The molecule has 2 aliphatic rings. The summed E-state index contributed by atoms with van der Waals surface area (Å²) in [6.45, 7) is 7.11. The van der Waals surface area contributed by atoms with E-state index in [1.807, 2.05) is 0 Å². The fraction of sp³-hybridized carbons (Fsp3) is 0.714. The van der Waals surface area contributed by atoms with Gasteiger partial charge in [0, 0.05) is 30.4 Å². The minimum Gasteiger partial charge on any atom is -0.368 e. The van der Waals surface area contributed by atoms with Crippen LogP contribution in [0.4, 0.5) is 0 Å². The van der Waals surface area contributed by atoms with Crippen LogP contribution in [0.3, 0.4) is 0 Å². The Morgan fingerprint density at radius 3 is 3.05 bits per heavy atom. The summed E-state index contributed by atoms with van der Waals surface area (Å²) in [4.78, 5) is 10.5. The molecular weight excluding hydrogens is 258 g/mol. The zero-order chi connectivity index (χ0) is 13.4. The van der Waals surface area contributed by atoms with Crippen molar-refractivity contribution in [3.8, 4) is 0 Å². The van der Waals surface area contributed by atoms with Crippen molar-refractivity contribution >= 4 is 12.2 Å². The van der Waals surface area contributed by atoms with E-state index in [1.165, 1.54) is 17.7 Å². The predicted octanol–water partition coefficient (Wildman–Crippen LogP) is 2.41. The number of aromatic nitrogens is 2. The number of aryl methyl sites for hydroxylation is 1. The van der Waals surface area contributed by atoms with Crippen LogP contribution in [0.25, 0.3) is 0 Å². The topological polar surface area (TPSA) is 41.1 Å². The van der Waals surface area contributed by atoms with Gasteiger partial charge in [0.05, 0.1) is 6.61 Å². The Bertz CT molecular complexity index is 526. The first-order valence-corrected chi connectivity index (χ1v) is 7.53. The van der Waals surface area contributed by atoms with Crippen molar-refractivity contribution in [2.24, 2.45) is 0 Å². The molecule has 1 atom stereocenters. The van der Waals surface area contributed by atoms with Gasteiger partial charge in [-0.15, -0.1) is 0 Å². The molecule has 1 aliphatic heterocycles. The Hall–Kier alpha value is -0.780. The lowest BCUT2D eigenvalue weighted by Crippen LogP contribution is -2.42. The number of fused-ring (bicyclic) bond motifs is 1. The first-order chi connectivity index (χ1) is 9.15. The van der Waals surface area contributed by atoms with Crippen LogP contribution in [0, 0.1) is 4.64 Å². The van der Waals surface area contributed by atoms with E-state index in [4.69, 9.17) is 17.0 Å². The summed E-state index contributed by atoms with van der Waals surface area (Å²) in [5.74, 6) is 0.913. The quantitative estimate of drug-likeness (QED) is 0.844. The van der Waals surface area contributed by atoms with Crippen LogP contribution in [-0.4, -0.2) is 40.6 Å². The van der Waals surface area contributed by atoms with Crippen LogP contribution in [0.1, 0.15) is 43.5 Å². The molecule has 0 amide bonds. The number of rotatable bonds is 2. The van der Waals surface area contributed by atoms with Gasteiger partial charge in [-0.1, -0.05) is 12.2 Å². The van der Waals surface area contributed by atoms with Crippen molar-refractivity contribution in [1.29, 1.82) is 0 Å². The van der Waals surface area contributed by atoms with Crippen molar-refractivity contribution < 1.29 is 4.74 Å². The number of hydrogen-bond donors (Lipinski definition) is 1. The van der Waals surface area contributed by atoms with Gasteiger partial charge in [-0.3, -0.25) is 4.90 Å². The second kappa shape index (κ2) is 5.31. The van der Waals surface area contributed by atoms with Crippen LogP contribution in [0.5, 0.6) is 0 Å². The highest BCUT2D eigenvalue weighted by Crippen LogP contribution is 2.25. The number of morpholine rings is 1. The molecule has 2 heterocycles. The van der Waals surface area contributed by atoms with Crippen LogP contribution in [0.15, 0.2) is 0 Å². The Labute approximate surface area is 119 Å². The Morgan fingerprint density at radius 1 is 1.42 bits per heavy atom. The highest BCUT2D eigenvalue weighted by Gasteiger charge is 2.26. The normalized spacial score (nSPS) is 23.8. The molecule has 1 unspecified atom stereocenters. The molecule has 1 N–H and O–H groups in total. The SMILES string of the molecule is CC(C)N1CCOC(c2nc(=S)c3c([nH]2)CCC3)C1. The van der Waals surface area contributed by atoms with E-state index in [9.17, 15) is 0 Å². The summed E-state index contributed by atoms with van der Waals surface area (Å²) in [6, 6.07) is 0.545. The number of nitrogens with zero attached hydrogens (tertiary/aromatic N) is 2. The number of ether oxygens (including phenoxy) is 1. The summed E-state index contributed by atoms with van der Waals surface area (Å²) in [5.41, 5.74) is 2.52. The number of H-pyrrole nitrogens is 1. The molecule has 0 spiro atoms. The molecule has 1 aromatic heterocycles. The highest BCUT2D eigenvalue weighted by molar-refractivity contribution is 7.71. The van der Waals surface area contributed by atoms with Crippen LogP contribution >= 0.6 is 12.2 Å². The number of aromatic amines is 1. The van der Waals surface area contributed by atoms with Gasteiger partial charge in [0.25, 0.3) is 0 Å². The fourth-order valence-corrected chi connectivity index (χ4v) is 3.26. The Balaban J connectivity index is 1.86. The van der Waals surface area contributed by atoms with Crippen molar-refractivity contribution in [3.05, 3.63) is 21.7 Å². The summed E-state index contributed by atoms with van der Waals surface area (Å²) < 4.78 is 6.65. The third kappa shape index (κ3) is 2.59. The molecule has 104 valence electrons. The number of nitrogens with one attached hydrogen (secondary N) is 1. The maximum atomic E-state index is 5.88. The maximum Gasteiger partial charge on any atom is 0.138 e. The summed E-state index contributed by atoms with van der Waals surface area (Å²) in [6.07, 6.45) is 3.38. The highest BCUT2D eigenvalue weighted by atomic mass is 32.1. The minimum atomic E-state index is 0.0312. The van der Waals surface area contributed by atoms with Gasteiger partial charge in [-0.2, -0.15) is 0 Å². The van der Waals surface area contributed by atoms with E-state index in [-0.39, 0.29) is 6.10 Å². The van der Waals surface area contributed by atoms with Crippen LogP contribution < -0.4 is 0 Å². The van der Waals surface area contributed by atoms with E-state index < -0.39 is 0 Å². The lowest BCUT2D eigenvalue weighted by Gasteiger charge is -2.35. The minimum absolute atomic E-state index is 0.0312. The van der Waals surface area contributed by atoms with Gasteiger partial charge >= 0.3 is 0 Å². The van der Waals surface area contributed by atoms with Crippen molar-refractivity contribution in [2.75, 3.05) is 19.7 Å². The molecule has 1 saturated heterocycles. The second-order valence-corrected chi connectivity index (χ2v) is 6.07. The summed E-state index contributed by atoms with van der Waals surface area (Å²) in [5, 5.41) is 0. The van der Waals surface area contributed by atoms with Gasteiger partial charge in [0.1, 0.15) is 16.6 Å². The number of hydrogen-bond acceptors (Lipinski definition) is 4. The van der Waals surface area contributed by atoms with Gasteiger partial charge in [-0.25, -0.2) is 4.98 Å². The van der Waals surface area contributed by atoms with E-state index in [0.717, 1.165) is 43.0 Å².